The summed E-state index contributed by atoms with van der Waals surface area (Å²) in [5.41, 5.74) is 1.98. The van der Waals surface area contributed by atoms with Gasteiger partial charge in [-0.2, -0.15) is 5.26 Å². The molecule has 0 amide bonds. The van der Waals surface area contributed by atoms with Crippen LogP contribution in [0.4, 0.5) is 16.0 Å². The van der Waals surface area contributed by atoms with Crippen molar-refractivity contribution in [1.29, 1.82) is 5.26 Å². The molecule has 2 heterocycles. The van der Waals surface area contributed by atoms with Crippen LogP contribution in [-0.4, -0.2) is 20.9 Å². The first-order chi connectivity index (χ1) is 13.6. The van der Waals surface area contributed by atoms with Gasteiger partial charge in [-0.15, -0.1) is 11.8 Å². The summed E-state index contributed by atoms with van der Waals surface area (Å²) >= 11 is 1.65. The topological polar surface area (TPSA) is 87.6 Å². The van der Waals surface area contributed by atoms with Crippen LogP contribution in [0.25, 0.3) is 11.3 Å². The molecule has 0 fully saturated rings. The second-order valence-corrected chi connectivity index (χ2v) is 7.26. The van der Waals surface area contributed by atoms with Gasteiger partial charge in [0.05, 0.1) is 16.8 Å². The van der Waals surface area contributed by atoms with Gasteiger partial charge >= 0.3 is 0 Å². The average molecular weight is 397 g/mol. The Balaban J connectivity index is 1.81. The van der Waals surface area contributed by atoms with Crippen molar-refractivity contribution in [2.45, 2.75) is 38.1 Å². The number of unbranched alkanes of at least 4 members (excludes halogenated alkanes) is 2. The Labute approximate surface area is 167 Å². The highest BCUT2D eigenvalue weighted by Crippen LogP contribution is 2.33. The molecule has 0 saturated carbocycles. The molecule has 6 nitrogen and oxygen atoms in total. The third-order valence-electron chi connectivity index (χ3n) is 4.08. The van der Waals surface area contributed by atoms with Crippen molar-refractivity contribution in [2.24, 2.45) is 0 Å². The lowest BCUT2D eigenvalue weighted by molar-refractivity contribution is 0.384. The molecule has 144 valence electrons. The normalized spacial score (nSPS) is 10.6. The zero-order chi connectivity index (χ0) is 19.9. The third kappa shape index (κ3) is 4.67. The second kappa shape index (κ2) is 9.33. The molecule has 0 radical (unpaired) electrons. The van der Waals surface area contributed by atoms with Gasteiger partial charge in [-0.25, -0.2) is 14.4 Å². The van der Waals surface area contributed by atoms with Gasteiger partial charge in [-0.3, -0.25) is 0 Å². The summed E-state index contributed by atoms with van der Waals surface area (Å²) in [7, 11) is 0. The number of aryl methyl sites for hydroxylation is 1. The molecule has 8 heteroatoms. The van der Waals surface area contributed by atoms with Crippen LogP contribution in [0.3, 0.4) is 0 Å². The van der Waals surface area contributed by atoms with Gasteiger partial charge in [-0.05, 0) is 43.4 Å². The van der Waals surface area contributed by atoms with Crippen LogP contribution in [0.5, 0.6) is 0 Å². The molecule has 2 aromatic heterocycles. The largest absolute Gasteiger partial charge is 0.360 e. The Bertz CT molecular complexity index is 999. The summed E-state index contributed by atoms with van der Waals surface area (Å²) in [4.78, 5) is 8.72. The minimum absolute atomic E-state index is 0.00921. The number of halogens is 1. The van der Waals surface area contributed by atoms with E-state index in [4.69, 9.17) is 9.78 Å². The molecule has 1 aromatic carbocycles. The number of nitriles is 1. The van der Waals surface area contributed by atoms with Gasteiger partial charge in [-0.1, -0.05) is 24.9 Å². The monoisotopic (exact) mass is 397 g/mol. The Morgan fingerprint density at radius 3 is 2.89 bits per heavy atom. The first-order valence-corrected chi connectivity index (χ1v) is 10.00. The van der Waals surface area contributed by atoms with Crippen molar-refractivity contribution in [2.75, 3.05) is 11.1 Å². The maximum absolute atomic E-state index is 13.8. The van der Waals surface area contributed by atoms with Crippen LogP contribution >= 0.6 is 11.8 Å². The lowest BCUT2D eigenvalue weighted by atomic mass is 10.2. The van der Waals surface area contributed by atoms with E-state index in [-0.39, 0.29) is 5.56 Å². The Hall–Kier alpha value is -2.92. The first kappa shape index (κ1) is 19.8. The van der Waals surface area contributed by atoms with Gasteiger partial charge in [0, 0.05) is 11.9 Å². The molecule has 0 bridgehead atoms. The minimum atomic E-state index is -0.593. The fraction of sp³-hybridized carbons (Fsp3) is 0.300. The molecule has 3 aromatic rings. The van der Waals surface area contributed by atoms with Gasteiger partial charge in [0.25, 0.3) is 0 Å². The molecule has 0 saturated heterocycles. The van der Waals surface area contributed by atoms with Crippen molar-refractivity contribution >= 4 is 23.4 Å². The number of hydrogen-bond donors (Lipinski definition) is 1. The molecule has 0 aliphatic heterocycles. The number of thioether (sulfide) groups is 1. The molecule has 0 aliphatic rings. The first-order valence-electron chi connectivity index (χ1n) is 9.01. The van der Waals surface area contributed by atoms with Gasteiger partial charge in [0.2, 0.25) is 5.95 Å². The summed E-state index contributed by atoms with van der Waals surface area (Å²) in [6.45, 7) is 4.02. The molecule has 3 rings (SSSR count). The zero-order valence-corrected chi connectivity index (χ0v) is 16.5. The van der Waals surface area contributed by atoms with Crippen molar-refractivity contribution in [1.82, 2.24) is 15.1 Å². The number of hydrogen-bond acceptors (Lipinski definition) is 7. The van der Waals surface area contributed by atoms with E-state index in [1.165, 1.54) is 25.0 Å². The highest BCUT2D eigenvalue weighted by Gasteiger charge is 2.17. The highest BCUT2D eigenvalue weighted by atomic mass is 32.2. The molecule has 28 heavy (non-hydrogen) atoms. The summed E-state index contributed by atoms with van der Waals surface area (Å²) in [6, 6.07) is 7.86. The van der Waals surface area contributed by atoms with Crippen LogP contribution in [-0.2, 0) is 0 Å². The Morgan fingerprint density at radius 2 is 2.14 bits per heavy atom. The number of anilines is 2. The number of nitrogens with one attached hydrogen (secondary N) is 1. The maximum atomic E-state index is 13.8. The molecule has 0 unspecified atom stereocenters. The number of aromatic nitrogens is 3. The Kier molecular flexibility index (Phi) is 6.61. The van der Waals surface area contributed by atoms with Crippen LogP contribution in [0.2, 0.25) is 0 Å². The van der Waals surface area contributed by atoms with E-state index >= 15 is 0 Å². The highest BCUT2D eigenvalue weighted by molar-refractivity contribution is 7.99. The fourth-order valence-corrected chi connectivity index (χ4v) is 3.66. The summed E-state index contributed by atoms with van der Waals surface area (Å²) in [5.74, 6) is 1.38. The zero-order valence-electron chi connectivity index (χ0n) is 15.7. The van der Waals surface area contributed by atoms with E-state index in [0.717, 1.165) is 22.8 Å². The molecule has 0 spiro atoms. The van der Waals surface area contributed by atoms with Crippen molar-refractivity contribution in [3.05, 3.63) is 47.6 Å². The molecular weight excluding hydrogens is 377 g/mol. The minimum Gasteiger partial charge on any atom is -0.360 e. The fourth-order valence-electron chi connectivity index (χ4n) is 2.63. The van der Waals surface area contributed by atoms with Crippen LogP contribution in [0.15, 0.2) is 40.0 Å². The van der Waals surface area contributed by atoms with Gasteiger partial charge in [0.15, 0.2) is 0 Å². The lowest BCUT2D eigenvalue weighted by Gasteiger charge is -2.07. The maximum Gasteiger partial charge on any atom is 0.227 e. The van der Waals surface area contributed by atoms with Gasteiger partial charge < -0.3 is 9.84 Å². The Morgan fingerprint density at radius 1 is 1.29 bits per heavy atom. The van der Waals surface area contributed by atoms with E-state index in [2.05, 4.69) is 27.4 Å². The van der Waals surface area contributed by atoms with E-state index in [9.17, 15) is 4.39 Å². The quantitative estimate of drug-likeness (QED) is 0.398. The van der Waals surface area contributed by atoms with Crippen LogP contribution < -0.4 is 5.32 Å². The number of nitrogens with zero attached hydrogens (tertiary/aromatic N) is 4. The predicted molar refractivity (Wildman–Crippen MR) is 107 cm³/mol. The molecule has 0 atom stereocenters. The van der Waals surface area contributed by atoms with E-state index in [1.807, 2.05) is 6.92 Å². The van der Waals surface area contributed by atoms with E-state index < -0.39 is 5.82 Å². The van der Waals surface area contributed by atoms with Crippen LogP contribution in [0.1, 0.15) is 37.5 Å². The standard InChI is InChI=1S/C20H20FN5OS/c1-3-4-5-10-28-19-18(13(2)27-26-19)17-8-9-23-20(25-17)24-15-7-6-14(12-22)16(21)11-15/h6-9,11H,3-5,10H2,1-2H3,(H,23,24,25). The van der Waals surface area contributed by atoms with Crippen molar-refractivity contribution < 1.29 is 8.91 Å². The van der Waals surface area contributed by atoms with Crippen molar-refractivity contribution in [3.8, 4) is 17.3 Å². The van der Waals surface area contributed by atoms with E-state index in [1.54, 1.807) is 36.2 Å². The molecule has 1 N–H and O–H groups in total. The summed E-state index contributed by atoms with van der Waals surface area (Å²) in [5, 5.41) is 16.8. The van der Waals surface area contributed by atoms with E-state index in [0.29, 0.717) is 23.1 Å². The molecular formula is C20H20FN5OS. The SMILES string of the molecule is CCCCCSc1noc(C)c1-c1ccnc(Nc2ccc(C#N)c(F)c2)n1. The second-order valence-electron chi connectivity index (χ2n) is 6.17. The smallest absolute Gasteiger partial charge is 0.227 e. The number of rotatable bonds is 8. The van der Waals surface area contributed by atoms with Crippen molar-refractivity contribution in [3.63, 3.8) is 0 Å². The predicted octanol–water partition coefficient (Wildman–Crippen LogP) is 5.48. The number of benzene rings is 1. The van der Waals surface area contributed by atoms with Crippen LogP contribution in [0, 0.1) is 24.1 Å². The summed E-state index contributed by atoms with van der Waals surface area (Å²) in [6.07, 6.45) is 5.10. The van der Waals surface area contributed by atoms with Gasteiger partial charge in [0.1, 0.15) is 22.7 Å². The lowest BCUT2D eigenvalue weighted by Crippen LogP contribution is -1.99. The molecule has 0 aliphatic carbocycles. The third-order valence-corrected chi connectivity index (χ3v) is 5.12. The average Bonchev–Trinajstić information content (AvgIpc) is 3.06. The summed E-state index contributed by atoms with van der Waals surface area (Å²) < 4.78 is 19.2.